The lowest BCUT2D eigenvalue weighted by Crippen LogP contribution is -2.41. The monoisotopic (exact) mass is 346 g/mol. The molecule has 0 aromatic heterocycles. The van der Waals surface area contributed by atoms with E-state index in [0.717, 1.165) is 12.8 Å². The van der Waals surface area contributed by atoms with Crippen molar-refractivity contribution in [1.82, 2.24) is 0 Å². The van der Waals surface area contributed by atoms with Crippen molar-refractivity contribution >= 4 is 15.3 Å². The van der Waals surface area contributed by atoms with Gasteiger partial charge in [-0.25, -0.2) is 0 Å². The number of hydrogen-bond acceptors (Lipinski definition) is 4. The van der Waals surface area contributed by atoms with Crippen LogP contribution in [0.5, 0.6) is 0 Å². The lowest BCUT2D eigenvalue weighted by Gasteiger charge is -2.29. The number of rotatable bonds is 15. The van der Waals surface area contributed by atoms with Crippen LogP contribution in [0.4, 0.5) is 0 Å². The fraction of sp³-hybridized carbons (Fsp3) is 0.944. The van der Waals surface area contributed by atoms with E-state index in [2.05, 4.69) is 6.92 Å². The van der Waals surface area contributed by atoms with Crippen LogP contribution in [0, 0.1) is 0 Å². The van der Waals surface area contributed by atoms with Crippen molar-refractivity contribution in [3.63, 3.8) is 0 Å². The summed E-state index contributed by atoms with van der Waals surface area (Å²) in [5.74, 6) is -0.181. The highest BCUT2D eigenvalue weighted by atomic mass is 28.3. The standard InChI is InChI=1S/C18H38O4Si/c1-6-9-10-11-12-13-14-15-16-20-17(19)18(4,5)23(21-7-2)22-8-3/h23H,6-16H2,1-5H3. The highest BCUT2D eigenvalue weighted by molar-refractivity contribution is 6.54. The normalized spacial score (nSPS) is 11.9. The Morgan fingerprint density at radius 2 is 1.30 bits per heavy atom. The third kappa shape index (κ3) is 10.2. The second kappa shape index (κ2) is 14.0. The first-order chi connectivity index (χ1) is 11.0. The summed E-state index contributed by atoms with van der Waals surface area (Å²) >= 11 is 0. The molecule has 0 aliphatic heterocycles. The lowest BCUT2D eigenvalue weighted by atomic mass is 10.1. The molecule has 0 heterocycles. The Hall–Kier alpha value is -0.393. The van der Waals surface area contributed by atoms with Crippen LogP contribution < -0.4 is 0 Å². The smallest absolute Gasteiger partial charge is 0.338 e. The summed E-state index contributed by atoms with van der Waals surface area (Å²) in [6, 6.07) is 0. The summed E-state index contributed by atoms with van der Waals surface area (Å²) in [5.41, 5.74) is 0. The van der Waals surface area contributed by atoms with Gasteiger partial charge in [0.25, 0.3) is 0 Å². The molecule has 5 heteroatoms. The molecule has 0 rings (SSSR count). The van der Waals surface area contributed by atoms with E-state index in [9.17, 15) is 4.79 Å². The minimum Gasteiger partial charge on any atom is -0.465 e. The first-order valence-corrected chi connectivity index (χ1v) is 10.9. The molecule has 0 aromatic carbocycles. The van der Waals surface area contributed by atoms with Gasteiger partial charge < -0.3 is 13.6 Å². The fourth-order valence-electron chi connectivity index (χ4n) is 2.45. The maximum atomic E-state index is 12.3. The van der Waals surface area contributed by atoms with E-state index in [4.69, 9.17) is 13.6 Å². The van der Waals surface area contributed by atoms with Gasteiger partial charge in [-0.15, -0.1) is 0 Å². The highest BCUT2D eigenvalue weighted by Gasteiger charge is 2.42. The van der Waals surface area contributed by atoms with Crippen LogP contribution in [0.3, 0.4) is 0 Å². The zero-order chi connectivity index (χ0) is 17.6. The van der Waals surface area contributed by atoms with E-state index < -0.39 is 14.3 Å². The fourth-order valence-corrected chi connectivity index (χ4v) is 4.26. The molecule has 0 radical (unpaired) electrons. The minimum atomic E-state index is -2.06. The van der Waals surface area contributed by atoms with Gasteiger partial charge in [0, 0.05) is 13.2 Å². The third-order valence-corrected chi connectivity index (χ3v) is 6.67. The topological polar surface area (TPSA) is 44.8 Å². The molecule has 0 fully saturated rings. The van der Waals surface area contributed by atoms with Gasteiger partial charge in [0.1, 0.15) is 5.04 Å². The van der Waals surface area contributed by atoms with E-state index in [1.54, 1.807) is 0 Å². The SMILES string of the molecule is CCCCCCCCCCOC(=O)C(C)(C)[SiH](OCC)OCC. The van der Waals surface area contributed by atoms with E-state index in [1.165, 1.54) is 38.5 Å². The van der Waals surface area contributed by atoms with Crippen LogP contribution in [0.15, 0.2) is 0 Å². The van der Waals surface area contributed by atoms with Gasteiger partial charge in [0.15, 0.2) is 0 Å². The second-order valence-electron chi connectivity index (χ2n) is 6.58. The van der Waals surface area contributed by atoms with E-state index >= 15 is 0 Å². The zero-order valence-electron chi connectivity index (χ0n) is 16.0. The summed E-state index contributed by atoms with van der Waals surface area (Å²) in [5, 5.41) is -0.647. The highest BCUT2D eigenvalue weighted by Crippen LogP contribution is 2.31. The van der Waals surface area contributed by atoms with E-state index in [1.807, 2.05) is 27.7 Å². The van der Waals surface area contributed by atoms with Crippen molar-refractivity contribution in [2.75, 3.05) is 19.8 Å². The van der Waals surface area contributed by atoms with Crippen molar-refractivity contribution in [1.29, 1.82) is 0 Å². The molecule has 4 nitrogen and oxygen atoms in total. The van der Waals surface area contributed by atoms with Crippen molar-refractivity contribution < 1.29 is 18.4 Å². The summed E-state index contributed by atoms with van der Waals surface area (Å²) < 4.78 is 16.8. The van der Waals surface area contributed by atoms with Gasteiger partial charge in [0.2, 0.25) is 0 Å². The maximum Gasteiger partial charge on any atom is 0.338 e. The summed E-state index contributed by atoms with van der Waals surface area (Å²) in [6.07, 6.45) is 9.93. The molecule has 0 amide bonds. The molecule has 0 spiro atoms. The number of hydrogen-bond donors (Lipinski definition) is 0. The molecule has 23 heavy (non-hydrogen) atoms. The Morgan fingerprint density at radius 1 is 0.826 bits per heavy atom. The molecule has 0 aromatic rings. The number of ether oxygens (including phenoxy) is 1. The van der Waals surface area contributed by atoms with Gasteiger partial charge in [-0.05, 0) is 34.1 Å². The maximum absolute atomic E-state index is 12.3. The molecular weight excluding hydrogens is 308 g/mol. The Labute approximate surface area is 145 Å². The van der Waals surface area contributed by atoms with Gasteiger partial charge in [-0.3, -0.25) is 4.79 Å². The van der Waals surface area contributed by atoms with Crippen molar-refractivity contribution in [3.05, 3.63) is 0 Å². The average Bonchev–Trinajstić information content (AvgIpc) is 2.52. The molecular formula is C18H38O4Si. The molecule has 0 saturated heterocycles. The largest absolute Gasteiger partial charge is 0.465 e. The summed E-state index contributed by atoms with van der Waals surface area (Å²) in [6.45, 7) is 11.5. The Bertz CT molecular complexity index is 289. The van der Waals surface area contributed by atoms with Crippen molar-refractivity contribution in [3.8, 4) is 0 Å². The predicted molar refractivity (Wildman–Crippen MR) is 98.0 cm³/mol. The van der Waals surface area contributed by atoms with Crippen molar-refractivity contribution in [2.24, 2.45) is 0 Å². The molecule has 0 bridgehead atoms. The molecule has 0 aliphatic carbocycles. The number of esters is 1. The first-order valence-electron chi connectivity index (χ1n) is 9.41. The van der Waals surface area contributed by atoms with Crippen LogP contribution in [-0.4, -0.2) is 35.1 Å². The second-order valence-corrected chi connectivity index (χ2v) is 9.35. The number of carbonyl (C=O) groups is 1. The molecule has 0 unspecified atom stereocenters. The summed E-state index contributed by atoms with van der Waals surface area (Å²) in [7, 11) is -2.06. The van der Waals surface area contributed by atoms with Gasteiger partial charge in [0.05, 0.1) is 6.61 Å². The number of carbonyl (C=O) groups excluding carboxylic acids is 1. The Kier molecular flexibility index (Phi) is 13.8. The van der Waals surface area contributed by atoms with Crippen LogP contribution in [0.2, 0.25) is 5.04 Å². The third-order valence-electron chi connectivity index (χ3n) is 3.98. The molecule has 138 valence electrons. The van der Waals surface area contributed by atoms with Crippen LogP contribution in [0.25, 0.3) is 0 Å². The molecule has 0 aliphatic rings. The molecule has 0 atom stereocenters. The number of unbranched alkanes of at least 4 members (excludes halogenated alkanes) is 7. The molecule has 0 saturated carbocycles. The lowest BCUT2D eigenvalue weighted by molar-refractivity contribution is -0.147. The van der Waals surface area contributed by atoms with Crippen molar-refractivity contribution in [2.45, 2.75) is 91.0 Å². The quantitative estimate of drug-likeness (QED) is 0.244. The van der Waals surface area contributed by atoms with E-state index in [0.29, 0.717) is 19.8 Å². The van der Waals surface area contributed by atoms with E-state index in [-0.39, 0.29) is 5.97 Å². The minimum absolute atomic E-state index is 0.181. The van der Waals surface area contributed by atoms with Crippen LogP contribution >= 0.6 is 0 Å². The Morgan fingerprint density at radius 3 is 1.78 bits per heavy atom. The molecule has 0 N–H and O–H groups in total. The van der Waals surface area contributed by atoms with Gasteiger partial charge in [-0.2, -0.15) is 0 Å². The summed E-state index contributed by atoms with van der Waals surface area (Å²) in [4.78, 5) is 12.3. The van der Waals surface area contributed by atoms with Crippen LogP contribution in [-0.2, 0) is 18.4 Å². The van der Waals surface area contributed by atoms with Gasteiger partial charge >= 0.3 is 15.3 Å². The average molecular weight is 347 g/mol. The van der Waals surface area contributed by atoms with Crippen LogP contribution in [0.1, 0.15) is 86.0 Å². The first kappa shape index (κ1) is 22.6. The predicted octanol–water partition coefficient (Wildman–Crippen LogP) is 4.74. The zero-order valence-corrected chi connectivity index (χ0v) is 17.1. The van der Waals surface area contributed by atoms with Gasteiger partial charge in [-0.1, -0.05) is 51.9 Å². The Balaban J connectivity index is 3.89.